The van der Waals surface area contributed by atoms with Gasteiger partial charge >= 0.3 is 0 Å². The Morgan fingerprint density at radius 2 is 1.94 bits per heavy atom. The van der Waals surface area contributed by atoms with Crippen molar-refractivity contribution in [1.29, 1.82) is 0 Å². The van der Waals surface area contributed by atoms with Crippen LogP contribution in [0, 0.1) is 6.92 Å². The van der Waals surface area contributed by atoms with Crippen LogP contribution in [0.2, 0.25) is 0 Å². The number of aryl methyl sites for hydroxylation is 3. The van der Waals surface area contributed by atoms with Gasteiger partial charge in [0.2, 0.25) is 0 Å². The summed E-state index contributed by atoms with van der Waals surface area (Å²) in [5.41, 5.74) is 9.02. The van der Waals surface area contributed by atoms with Gasteiger partial charge in [-0.15, -0.1) is 0 Å². The lowest BCUT2D eigenvalue weighted by Crippen LogP contribution is -2.01. The van der Waals surface area contributed by atoms with Crippen LogP contribution in [-0.2, 0) is 19.4 Å². The summed E-state index contributed by atoms with van der Waals surface area (Å²) in [6, 6.07) is 8.54. The third kappa shape index (κ3) is 2.49. The van der Waals surface area contributed by atoms with Crippen LogP contribution >= 0.6 is 0 Å². The molecule has 0 aliphatic carbocycles. The average molecular weight is 216 g/mol. The fourth-order valence-corrected chi connectivity index (χ4v) is 1.68. The summed E-state index contributed by atoms with van der Waals surface area (Å²) in [7, 11) is 0. The van der Waals surface area contributed by atoms with Crippen molar-refractivity contribution in [3.05, 3.63) is 53.2 Å². The van der Waals surface area contributed by atoms with Crippen LogP contribution in [0.4, 0.5) is 0 Å². The lowest BCUT2D eigenvalue weighted by molar-refractivity contribution is 0.499. The molecule has 1 aromatic heterocycles. The van der Waals surface area contributed by atoms with Crippen LogP contribution in [0.15, 0.2) is 35.1 Å². The van der Waals surface area contributed by atoms with Crippen LogP contribution in [0.3, 0.4) is 0 Å². The second-order valence-corrected chi connectivity index (χ2v) is 3.91. The number of nitrogens with two attached hydrogens (primary N) is 1. The minimum atomic E-state index is 0.444. The van der Waals surface area contributed by atoms with Gasteiger partial charge in [0.1, 0.15) is 5.76 Å². The first kappa shape index (κ1) is 10.9. The normalized spacial score (nSPS) is 10.6. The van der Waals surface area contributed by atoms with E-state index in [1.54, 1.807) is 0 Å². The van der Waals surface area contributed by atoms with Crippen molar-refractivity contribution in [1.82, 2.24) is 4.98 Å². The van der Waals surface area contributed by atoms with Gasteiger partial charge in [-0.25, -0.2) is 4.98 Å². The zero-order chi connectivity index (χ0) is 11.4. The predicted molar refractivity (Wildman–Crippen MR) is 63.0 cm³/mol. The maximum Gasteiger partial charge on any atom is 0.181 e. The Kier molecular flexibility index (Phi) is 3.37. The molecule has 0 bridgehead atoms. The third-order valence-electron chi connectivity index (χ3n) is 2.68. The maximum atomic E-state index is 5.56. The van der Waals surface area contributed by atoms with Crippen molar-refractivity contribution in [2.45, 2.75) is 26.3 Å². The zero-order valence-electron chi connectivity index (χ0n) is 9.44. The number of rotatable bonds is 4. The van der Waals surface area contributed by atoms with Gasteiger partial charge in [0.05, 0.1) is 5.69 Å². The Hall–Kier alpha value is -1.61. The molecule has 2 N–H and O–H groups in total. The molecule has 0 spiro atoms. The van der Waals surface area contributed by atoms with Gasteiger partial charge in [-0.3, -0.25) is 0 Å². The highest BCUT2D eigenvalue weighted by atomic mass is 16.3. The number of benzene rings is 1. The van der Waals surface area contributed by atoms with Crippen molar-refractivity contribution < 1.29 is 4.42 Å². The maximum absolute atomic E-state index is 5.56. The molecule has 0 saturated heterocycles. The van der Waals surface area contributed by atoms with Gasteiger partial charge in [0, 0.05) is 13.0 Å². The number of hydrogen-bond donors (Lipinski definition) is 1. The summed E-state index contributed by atoms with van der Waals surface area (Å²) in [6.45, 7) is 2.53. The number of oxazole rings is 1. The number of hydrogen-bond acceptors (Lipinski definition) is 3. The first-order valence-electron chi connectivity index (χ1n) is 5.46. The molecule has 0 unspecified atom stereocenters. The first-order chi connectivity index (χ1) is 7.79. The van der Waals surface area contributed by atoms with E-state index in [1.165, 1.54) is 17.5 Å². The van der Waals surface area contributed by atoms with Gasteiger partial charge in [-0.1, -0.05) is 29.8 Å². The summed E-state index contributed by atoms with van der Waals surface area (Å²) < 4.78 is 5.31. The summed E-state index contributed by atoms with van der Waals surface area (Å²) in [5.74, 6) is 0.906. The molecule has 2 aromatic rings. The van der Waals surface area contributed by atoms with Crippen molar-refractivity contribution in [3.8, 4) is 0 Å². The van der Waals surface area contributed by atoms with E-state index in [0.717, 1.165) is 24.3 Å². The van der Waals surface area contributed by atoms with E-state index in [-0.39, 0.29) is 0 Å². The molecule has 0 radical (unpaired) electrons. The Balaban J connectivity index is 1.99. The fraction of sp³-hybridized carbons (Fsp3) is 0.308. The van der Waals surface area contributed by atoms with E-state index in [1.807, 2.05) is 0 Å². The summed E-state index contributed by atoms with van der Waals surface area (Å²) in [4.78, 5) is 4.07. The van der Waals surface area contributed by atoms with Gasteiger partial charge in [0.25, 0.3) is 0 Å². The van der Waals surface area contributed by atoms with E-state index in [4.69, 9.17) is 10.2 Å². The topological polar surface area (TPSA) is 52.0 Å². The van der Waals surface area contributed by atoms with Crippen LogP contribution in [-0.4, -0.2) is 4.98 Å². The Bertz CT molecular complexity index is 445. The molecule has 0 saturated carbocycles. The fourth-order valence-electron chi connectivity index (χ4n) is 1.68. The summed E-state index contributed by atoms with van der Waals surface area (Å²) in [5, 5.41) is 0. The van der Waals surface area contributed by atoms with E-state index < -0.39 is 0 Å². The van der Waals surface area contributed by atoms with Crippen LogP contribution in [0.25, 0.3) is 0 Å². The zero-order valence-corrected chi connectivity index (χ0v) is 9.44. The molecule has 1 heterocycles. The van der Waals surface area contributed by atoms with Gasteiger partial charge in [-0.05, 0) is 18.9 Å². The molecule has 3 heteroatoms. The van der Waals surface area contributed by atoms with E-state index in [0.29, 0.717) is 6.54 Å². The quantitative estimate of drug-likeness (QED) is 0.852. The molecule has 1 aromatic carbocycles. The Morgan fingerprint density at radius 3 is 2.62 bits per heavy atom. The molecule has 0 aliphatic heterocycles. The Labute approximate surface area is 95.3 Å². The van der Waals surface area contributed by atoms with Crippen LogP contribution < -0.4 is 5.73 Å². The van der Waals surface area contributed by atoms with E-state index in [9.17, 15) is 0 Å². The molecule has 84 valence electrons. The highest BCUT2D eigenvalue weighted by Gasteiger charge is 2.06. The van der Waals surface area contributed by atoms with Crippen LogP contribution in [0.1, 0.15) is 22.6 Å². The van der Waals surface area contributed by atoms with Gasteiger partial charge in [0.15, 0.2) is 6.39 Å². The lowest BCUT2D eigenvalue weighted by atomic mass is 10.1. The largest absolute Gasteiger partial charge is 0.448 e. The first-order valence-corrected chi connectivity index (χ1v) is 5.46. The molecular formula is C13H16N2O. The molecule has 0 fully saturated rings. The molecule has 0 aliphatic rings. The van der Waals surface area contributed by atoms with Crippen molar-refractivity contribution in [2.24, 2.45) is 5.73 Å². The predicted octanol–water partition coefficient (Wildman–Crippen LogP) is 2.23. The monoisotopic (exact) mass is 216 g/mol. The molecule has 3 nitrogen and oxygen atoms in total. The van der Waals surface area contributed by atoms with Crippen molar-refractivity contribution >= 4 is 0 Å². The third-order valence-corrected chi connectivity index (χ3v) is 2.68. The molecule has 0 atom stereocenters. The van der Waals surface area contributed by atoms with Crippen molar-refractivity contribution in [3.63, 3.8) is 0 Å². The lowest BCUT2D eigenvalue weighted by Gasteiger charge is -2.01. The smallest absolute Gasteiger partial charge is 0.181 e. The molecule has 16 heavy (non-hydrogen) atoms. The summed E-state index contributed by atoms with van der Waals surface area (Å²) >= 11 is 0. The SMILES string of the molecule is Cc1ccc(CCc2ocnc2CN)cc1. The average Bonchev–Trinajstić information content (AvgIpc) is 2.76. The standard InChI is InChI=1S/C13H16N2O/c1-10-2-4-11(5-3-10)6-7-13-12(8-14)15-9-16-13/h2-5,9H,6-8,14H2,1H3. The summed E-state index contributed by atoms with van der Waals surface area (Å²) in [6.07, 6.45) is 3.28. The molecular weight excluding hydrogens is 200 g/mol. The van der Waals surface area contributed by atoms with Crippen molar-refractivity contribution in [2.75, 3.05) is 0 Å². The second-order valence-electron chi connectivity index (χ2n) is 3.91. The number of nitrogens with zero attached hydrogens (tertiary/aromatic N) is 1. The molecule has 0 amide bonds. The highest BCUT2D eigenvalue weighted by molar-refractivity contribution is 5.22. The van der Waals surface area contributed by atoms with Gasteiger partial charge in [-0.2, -0.15) is 0 Å². The highest BCUT2D eigenvalue weighted by Crippen LogP contribution is 2.11. The van der Waals surface area contributed by atoms with E-state index in [2.05, 4.69) is 36.2 Å². The minimum absolute atomic E-state index is 0.444. The minimum Gasteiger partial charge on any atom is -0.448 e. The van der Waals surface area contributed by atoms with Crippen LogP contribution in [0.5, 0.6) is 0 Å². The molecule has 2 rings (SSSR count). The second kappa shape index (κ2) is 4.94. The Morgan fingerprint density at radius 1 is 1.19 bits per heavy atom. The van der Waals surface area contributed by atoms with Gasteiger partial charge < -0.3 is 10.2 Å². The number of aromatic nitrogens is 1. The van der Waals surface area contributed by atoms with E-state index >= 15 is 0 Å².